The molecule has 1 aliphatic heterocycles. The Balaban J connectivity index is 1.91. The molecule has 2 rings (SSSR count). The summed E-state index contributed by atoms with van der Waals surface area (Å²) >= 11 is 0. The lowest BCUT2D eigenvalue weighted by molar-refractivity contribution is -0.137. The molecule has 6 N–H and O–H groups in total. The van der Waals surface area contributed by atoms with Gasteiger partial charge >= 0.3 is 0 Å². The lowest BCUT2D eigenvalue weighted by Crippen LogP contribution is -2.50. The predicted molar refractivity (Wildman–Crippen MR) is 116 cm³/mol. The second kappa shape index (κ2) is 12.6. The fraction of sp³-hybridized carbons (Fsp3) is 0.524. The van der Waals surface area contributed by atoms with Gasteiger partial charge in [-0.1, -0.05) is 30.3 Å². The summed E-state index contributed by atoms with van der Waals surface area (Å²) in [5.41, 5.74) is 11.6. The number of carbonyl (C=O) groups is 3. The first-order chi connectivity index (χ1) is 14.5. The summed E-state index contributed by atoms with van der Waals surface area (Å²) in [7, 11) is 0. The van der Waals surface area contributed by atoms with Crippen LogP contribution in [0.4, 0.5) is 0 Å². The van der Waals surface area contributed by atoms with Crippen LogP contribution in [0.3, 0.4) is 0 Å². The molecule has 164 valence electrons. The van der Waals surface area contributed by atoms with Gasteiger partial charge in [-0.3, -0.25) is 14.6 Å². The van der Waals surface area contributed by atoms with Crippen LogP contribution in [0.25, 0.3) is 0 Å². The van der Waals surface area contributed by atoms with Gasteiger partial charge in [-0.15, -0.1) is 0 Å². The zero-order valence-corrected chi connectivity index (χ0v) is 17.3. The highest BCUT2D eigenvalue weighted by molar-refractivity contribution is 5.88. The van der Waals surface area contributed by atoms with E-state index in [4.69, 9.17) is 11.5 Å². The van der Waals surface area contributed by atoms with Crippen molar-refractivity contribution in [1.82, 2.24) is 15.5 Å². The molecule has 0 aromatic heterocycles. The smallest absolute Gasteiger partial charge is 0.240 e. The predicted octanol–water partition coefficient (Wildman–Crippen LogP) is -0.453. The van der Waals surface area contributed by atoms with E-state index in [1.54, 1.807) is 4.90 Å². The number of hydrogen-bond acceptors (Lipinski definition) is 5. The van der Waals surface area contributed by atoms with E-state index in [9.17, 15) is 14.4 Å². The van der Waals surface area contributed by atoms with Crippen LogP contribution < -0.4 is 22.1 Å². The van der Waals surface area contributed by atoms with Crippen molar-refractivity contribution < 1.29 is 14.4 Å². The molecule has 0 radical (unpaired) electrons. The zero-order valence-electron chi connectivity index (χ0n) is 17.3. The molecule has 1 aromatic rings. The third kappa shape index (κ3) is 8.20. The largest absolute Gasteiger partial charge is 0.370 e. The fourth-order valence-electron chi connectivity index (χ4n) is 3.41. The molecule has 1 aromatic carbocycles. The molecular formula is C21H32N6O3. The zero-order chi connectivity index (χ0) is 21.8. The van der Waals surface area contributed by atoms with Gasteiger partial charge in [0.15, 0.2) is 5.96 Å². The van der Waals surface area contributed by atoms with E-state index in [1.165, 1.54) is 0 Å². The first kappa shape index (κ1) is 23.3. The van der Waals surface area contributed by atoms with Crippen LogP contribution in [-0.4, -0.2) is 67.2 Å². The van der Waals surface area contributed by atoms with Gasteiger partial charge in [0, 0.05) is 13.1 Å². The summed E-state index contributed by atoms with van der Waals surface area (Å²) in [5.74, 6) is -0.433. The van der Waals surface area contributed by atoms with Crippen LogP contribution in [0.15, 0.2) is 35.3 Å². The lowest BCUT2D eigenvalue weighted by atomic mass is 10.1. The van der Waals surface area contributed by atoms with E-state index in [-0.39, 0.29) is 30.4 Å². The number of guanidine groups is 1. The Morgan fingerprint density at radius 2 is 2.07 bits per heavy atom. The monoisotopic (exact) mass is 416 g/mol. The Bertz CT molecular complexity index is 715. The Morgan fingerprint density at radius 1 is 1.30 bits per heavy atom. The number of benzene rings is 1. The average Bonchev–Trinajstić information content (AvgIpc) is 3.28. The maximum absolute atomic E-state index is 12.9. The molecule has 30 heavy (non-hydrogen) atoms. The van der Waals surface area contributed by atoms with Crippen LogP contribution in [0.1, 0.15) is 31.2 Å². The minimum Gasteiger partial charge on any atom is -0.370 e. The fourth-order valence-corrected chi connectivity index (χ4v) is 3.41. The second-order valence-electron chi connectivity index (χ2n) is 7.40. The molecule has 2 amide bonds. The van der Waals surface area contributed by atoms with Crippen molar-refractivity contribution in [2.45, 2.75) is 44.2 Å². The van der Waals surface area contributed by atoms with Crippen molar-refractivity contribution in [2.24, 2.45) is 16.5 Å². The minimum absolute atomic E-state index is 0.00483. The van der Waals surface area contributed by atoms with Crippen molar-refractivity contribution in [3.05, 3.63) is 35.9 Å². The van der Waals surface area contributed by atoms with Crippen molar-refractivity contribution in [3.8, 4) is 0 Å². The summed E-state index contributed by atoms with van der Waals surface area (Å²) in [6.07, 6.45) is 4.05. The molecule has 0 bridgehead atoms. The van der Waals surface area contributed by atoms with Crippen LogP contribution in [0.5, 0.6) is 0 Å². The number of nitrogens with one attached hydrogen (secondary N) is 2. The summed E-state index contributed by atoms with van der Waals surface area (Å²) in [4.78, 5) is 42.2. The summed E-state index contributed by atoms with van der Waals surface area (Å²) < 4.78 is 0. The lowest BCUT2D eigenvalue weighted by Gasteiger charge is -2.26. The standard InChI is InChI=1S/C21H32N6O3/c22-21(23)25-12-4-8-17(15-28)26-19(29)14-27(20(30)18-9-5-11-24-18)13-10-16-6-2-1-3-7-16/h1-3,6-7,15,17-18,24H,4-5,8-14H2,(H,26,29)(H4,22,23,25)/t17-,18?/m0/s1. The van der Waals surface area contributed by atoms with Crippen molar-refractivity contribution in [3.63, 3.8) is 0 Å². The molecular weight excluding hydrogens is 384 g/mol. The van der Waals surface area contributed by atoms with E-state index in [0.29, 0.717) is 38.6 Å². The van der Waals surface area contributed by atoms with Gasteiger partial charge in [0.2, 0.25) is 11.8 Å². The molecule has 1 aliphatic rings. The number of amides is 2. The van der Waals surface area contributed by atoms with E-state index in [1.807, 2.05) is 30.3 Å². The second-order valence-corrected chi connectivity index (χ2v) is 7.40. The molecule has 9 nitrogen and oxygen atoms in total. The normalized spacial score (nSPS) is 16.5. The number of nitrogens with zero attached hydrogens (tertiary/aromatic N) is 2. The maximum Gasteiger partial charge on any atom is 0.240 e. The topological polar surface area (TPSA) is 143 Å². The summed E-state index contributed by atoms with van der Waals surface area (Å²) in [6, 6.07) is 8.94. The molecule has 0 saturated carbocycles. The van der Waals surface area contributed by atoms with Crippen LogP contribution in [0.2, 0.25) is 0 Å². The van der Waals surface area contributed by atoms with E-state index >= 15 is 0 Å². The average molecular weight is 417 g/mol. The van der Waals surface area contributed by atoms with E-state index in [2.05, 4.69) is 15.6 Å². The van der Waals surface area contributed by atoms with E-state index in [0.717, 1.165) is 24.9 Å². The van der Waals surface area contributed by atoms with Crippen LogP contribution in [0, 0.1) is 0 Å². The maximum atomic E-state index is 12.9. The SMILES string of the molecule is NC(N)=NCCC[C@@H](C=O)NC(=O)CN(CCc1ccccc1)C(=O)C1CCCN1. The Kier molecular flexibility index (Phi) is 9.79. The van der Waals surface area contributed by atoms with Gasteiger partial charge in [-0.2, -0.15) is 0 Å². The number of aliphatic imine (C=N–C) groups is 1. The minimum atomic E-state index is -0.637. The van der Waals surface area contributed by atoms with Gasteiger partial charge < -0.3 is 31.8 Å². The first-order valence-corrected chi connectivity index (χ1v) is 10.4. The van der Waals surface area contributed by atoms with Crippen molar-refractivity contribution in [1.29, 1.82) is 0 Å². The highest BCUT2D eigenvalue weighted by Gasteiger charge is 2.28. The molecule has 2 atom stereocenters. The van der Waals surface area contributed by atoms with Gasteiger partial charge in [-0.25, -0.2) is 0 Å². The number of aldehydes is 1. The Morgan fingerprint density at radius 3 is 2.70 bits per heavy atom. The summed E-state index contributed by atoms with van der Waals surface area (Å²) in [5, 5.41) is 5.89. The summed E-state index contributed by atoms with van der Waals surface area (Å²) in [6.45, 7) is 1.54. The van der Waals surface area contributed by atoms with E-state index < -0.39 is 6.04 Å². The first-order valence-electron chi connectivity index (χ1n) is 10.4. The number of hydrogen-bond donors (Lipinski definition) is 4. The van der Waals surface area contributed by atoms with Gasteiger partial charge in [0.25, 0.3) is 0 Å². The van der Waals surface area contributed by atoms with Crippen LogP contribution >= 0.6 is 0 Å². The number of rotatable bonds is 12. The van der Waals surface area contributed by atoms with Gasteiger partial charge in [-0.05, 0) is 44.2 Å². The third-order valence-electron chi connectivity index (χ3n) is 5.00. The molecule has 1 saturated heterocycles. The Labute approximate surface area is 177 Å². The number of carbonyl (C=O) groups excluding carboxylic acids is 3. The molecule has 0 aliphatic carbocycles. The quantitative estimate of drug-likeness (QED) is 0.157. The molecule has 0 spiro atoms. The highest BCUT2D eigenvalue weighted by Crippen LogP contribution is 2.10. The third-order valence-corrected chi connectivity index (χ3v) is 5.00. The van der Waals surface area contributed by atoms with Gasteiger partial charge in [0.05, 0.1) is 18.6 Å². The number of nitrogens with two attached hydrogens (primary N) is 2. The molecule has 1 unspecified atom stereocenters. The van der Waals surface area contributed by atoms with Gasteiger partial charge in [0.1, 0.15) is 6.29 Å². The highest BCUT2D eigenvalue weighted by atomic mass is 16.2. The molecule has 9 heteroatoms. The molecule has 1 fully saturated rings. The molecule has 1 heterocycles. The van der Waals surface area contributed by atoms with Crippen molar-refractivity contribution >= 4 is 24.1 Å². The van der Waals surface area contributed by atoms with Crippen LogP contribution in [-0.2, 0) is 20.8 Å². The Hall–Kier alpha value is -2.94. The van der Waals surface area contributed by atoms with Crippen molar-refractivity contribution in [2.75, 3.05) is 26.2 Å².